The van der Waals surface area contributed by atoms with Crippen molar-refractivity contribution >= 4 is 17.4 Å². The summed E-state index contributed by atoms with van der Waals surface area (Å²) < 4.78 is 0. The summed E-state index contributed by atoms with van der Waals surface area (Å²) in [6, 6.07) is 12.1. The van der Waals surface area contributed by atoms with Crippen LogP contribution in [-0.2, 0) is 0 Å². The zero-order valence-corrected chi connectivity index (χ0v) is 12.5. The molecule has 6 nitrogen and oxygen atoms in total. The van der Waals surface area contributed by atoms with Gasteiger partial charge in [-0.1, -0.05) is 26.0 Å². The number of amides is 1. The van der Waals surface area contributed by atoms with Crippen LogP contribution in [0, 0.1) is 17.2 Å². The largest absolute Gasteiger partial charge is 0.368 e. The second kappa shape index (κ2) is 7.18. The van der Waals surface area contributed by atoms with Crippen molar-refractivity contribution in [1.29, 1.82) is 5.26 Å². The molecule has 1 amide bonds. The Kier molecular flexibility index (Phi) is 5.04. The number of hydrogen-bond donors (Lipinski definition) is 2. The zero-order valence-electron chi connectivity index (χ0n) is 12.5. The van der Waals surface area contributed by atoms with Gasteiger partial charge in [0.05, 0.1) is 11.3 Å². The molecule has 1 aromatic carbocycles. The third kappa shape index (κ3) is 4.03. The number of hydrogen-bond acceptors (Lipinski definition) is 5. The molecule has 0 saturated heterocycles. The van der Waals surface area contributed by atoms with E-state index in [0.717, 1.165) is 6.54 Å². The van der Waals surface area contributed by atoms with Crippen LogP contribution in [0.2, 0.25) is 0 Å². The van der Waals surface area contributed by atoms with E-state index in [1.165, 1.54) is 0 Å². The Morgan fingerprint density at radius 1 is 1.23 bits per heavy atom. The van der Waals surface area contributed by atoms with E-state index in [1.54, 1.807) is 36.4 Å². The van der Waals surface area contributed by atoms with E-state index in [1.807, 2.05) is 6.07 Å². The lowest BCUT2D eigenvalue weighted by atomic mass is 10.2. The van der Waals surface area contributed by atoms with E-state index in [0.29, 0.717) is 23.0 Å². The van der Waals surface area contributed by atoms with Crippen LogP contribution in [0.1, 0.15) is 29.9 Å². The summed E-state index contributed by atoms with van der Waals surface area (Å²) in [7, 11) is 0. The average Bonchev–Trinajstić information content (AvgIpc) is 2.54. The minimum Gasteiger partial charge on any atom is -0.368 e. The number of nitrogens with zero attached hydrogens (tertiary/aromatic N) is 3. The Bertz CT molecular complexity index is 688. The van der Waals surface area contributed by atoms with Gasteiger partial charge in [-0.3, -0.25) is 4.79 Å². The maximum atomic E-state index is 12.1. The van der Waals surface area contributed by atoms with Crippen LogP contribution >= 0.6 is 0 Å². The molecule has 2 rings (SSSR count). The van der Waals surface area contributed by atoms with Gasteiger partial charge in [-0.05, 0) is 30.2 Å². The Balaban J connectivity index is 2.05. The average molecular weight is 295 g/mol. The zero-order chi connectivity index (χ0) is 15.9. The van der Waals surface area contributed by atoms with Gasteiger partial charge >= 0.3 is 0 Å². The van der Waals surface area contributed by atoms with E-state index in [9.17, 15) is 4.79 Å². The molecule has 0 bridgehead atoms. The van der Waals surface area contributed by atoms with Crippen molar-refractivity contribution in [2.24, 2.45) is 5.92 Å². The Labute approximate surface area is 129 Å². The minimum atomic E-state index is -0.398. The number of nitriles is 1. The molecular weight excluding hydrogens is 278 g/mol. The van der Waals surface area contributed by atoms with Crippen LogP contribution in [0.25, 0.3) is 0 Å². The van der Waals surface area contributed by atoms with Crippen LogP contribution in [0.5, 0.6) is 0 Å². The van der Waals surface area contributed by atoms with Crippen LogP contribution in [0.4, 0.5) is 11.5 Å². The first-order valence-electron chi connectivity index (χ1n) is 6.98. The van der Waals surface area contributed by atoms with E-state index >= 15 is 0 Å². The molecule has 22 heavy (non-hydrogen) atoms. The molecule has 0 radical (unpaired) electrons. The highest BCUT2D eigenvalue weighted by Gasteiger charge is 2.11. The van der Waals surface area contributed by atoms with Crippen molar-refractivity contribution < 1.29 is 4.79 Å². The van der Waals surface area contributed by atoms with Gasteiger partial charge in [-0.15, -0.1) is 10.2 Å². The van der Waals surface area contributed by atoms with Gasteiger partial charge in [0, 0.05) is 6.54 Å². The first kappa shape index (κ1) is 15.4. The van der Waals surface area contributed by atoms with Crippen molar-refractivity contribution in [2.45, 2.75) is 13.8 Å². The van der Waals surface area contributed by atoms with E-state index in [4.69, 9.17) is 5.26 Å². The minimum absolute atomic E-state index is 0.197. The normalized spacial score (nSPS) is 10.1. The van der Waals surface area contributed by atoms with Crippen LogP contribution in [0.3, 0.4) is 0 Å². The van der Waals surface area contributed by atoms with Crippen LogP contribution in [-0.4, -0.2) is 22.6 Å². The maximum absolute atomic E-state index is 12.1. The van der Waals surface area contributed by atoms with E-state index in [-0.39, 0.29) is 5.69 Å². The molecule has 0 fully saturated rings. The maximum Gasteiger partial charge on any atom is 0.276 e. The van der Waals surface area contributed by atoms with E-state index in [2.05, 4.69) is 34.7 Å². The molecule has 0 saturated carbocycles. The summed E-state index contributed by atoms with van der Waals surface area (Å²) in [6.07, 6.45) is 0. The predicted molar refractivity (Wildman–Crippen MR) is 84.5 cm³/mol. The molecule has 2 N–H and O–H groups in total. The fraction of sp³-hybridized carbons (Fsp3) is 0.250. The highest BCUT2D eigenvalue weighted by atomic mass is 16.1. The summed E-state index contributed by atoms with van der Waals surface area (Å²) >= 11 is 0. The van der Waals surface area contributed by atoms with Gasteiger partial charge in [0.1, 0.15) is 11.9 Å². The number of rotatable bonds is 5. The second-order valence-electron chi connectivity index (χ2n) is 5.19. The molecule has 6 heteroatoms. The van der Waals surface area contributed by atoms with Gasteiger partial charge in [-0.2, -0.15) is 5.26 Å². The van der Waals surface area contributed by atoms with Crippen molar-refractivity contribution in [3.05, 3.63) is 47.7 Å². The molecule has 0 aliphatic carbocycles. The Hall–Kier alpha value is -2.94. The summed E-state index contributed by atoms with van der Waals surface area (Å²) in [6.45, 7) is 4.97. The highest BCUT2D eigenvalue weighted by Crippen LogP contribution is 2.14. The molecule has 0 unspecified atom stereocenters. The fourth-order valence-electron chi connectivity index (χ4n) is 1.73. The van der Waals surface area contributed by atoms with Crippen molar-refractivity contribution in [3.8, 4) is 6.07 Å². The number of para-hydroxylation sites is 1. The Morgan fingerprint density at radius 3 is 2.64 bits per heavy atom. The Morgan fingerprint density at radius 2 is 2.00 bits per heavy atom. The fourth-order valence-corrected chi connectivity index (χ4v) is 1.73. The van der Waals surface area contributed by atoms with Gasteiger partial charge in [0.15, 0.2) is 5.69 Å². The third-order valence-corrected chi connectivity index (χ3v) is 2.88. The lowest BCUT2D eigenvalue weighted by Crippen LogP contribution is -2.16. The number of carbonyl (C=O) groups excluding carboxylic acids is 1. The molecule has 1 aromatic heterocycles. The van der Waals surface area contributed by atoms with Crippen molar-refractivity contribution in [1.82, 2.24) is 10.2 Å². The van der Waals surface area contributed by atoms with Gasteiger partial charge in [0.25, 0.3) is 5.91 Å². The van der Waals surface area contributed by atoms with Gasteiger partial charge in [0.2, 0.25) is 0 Å². The van der Waals surface area contributed by atoms with E-state index < -0.39 is 5.91 Å². The lowest BCUT2D eigenvalue weighted by Gasteiger charge is -2.08. The van der Waals surface area contributed by atoms with Gasteiger partial charge in [-0.25, -0.2) is 0 Å². The predicted octanol–water partition coefficient (Wildman–Crippen LogP) is 2.67. The molecule has 1 heterocycles. The third-order valence-electron chi connectivity index (χ3n) is 2.88. The number of nitrogens with one attached hydrogen (secondary N) is 2. The molecule has 112 valence electrons. The number of aromatic nitrogens is 2. The smallest absolute Gasteiger partial charge is 0.276 e. The highest BCUT2D eigenvalue weighted by molar-refractivity contribution is 6.03. The molecule has 0 aliphatic heterocycles. The van der Waals surface area contributed by atoms with Crippen molar-refractivity contribution in [3.63, 3.8) is 0 Å². The molecule has 0 atom stereocenters. The number of carbonyl (C=O) groups is 1. The van der Waals surface area contributed by atoms with Crippen LogP contribution < -0.4 is 10.6 Å². The quantitative estimate of drug-likeness (QED) is 0.885. The SMILES string of the molecule is CC(C)CNc1ccc(C(=O)Nc2ccccc2C#N)nn1. The summed E-state index contributed by atoms with van der Waals surface area (Å²) in [5.74, 6) is 0.723. The first-order valence-corrected chi connectivity index (χ1v) is 6.98. The first-order chi connectivity index (χ1) is 10.6. The summed E-state index contributed by atoms with van der Waals surface area (Å²) in [5, 5.41) is 22.7. The monoisotopic (exact) mass is 295 g/mol. The molecule has 0 spiro atoms. The molecular formula is C16H17N5O. The summed E-state index contributed by atoms with van der Waals surface area (Å²) in [4.78, 5) is 12.1. The standard InChI is InChI=1S/C16H17N5O/c1-11(2)10-18-15-8-7-14(20-21-15)16(22)19-13-6-4-3-5-12(13)9-17/h3-8,11H,10H2,1-2H3,(H,18,21)(H,19,22). The lowest BCUT2D eigenvalue weighted by molar-refractivity contribution is 0.102. The van der Waals surface area contributed by atoms with Crippen molar-refractivity contribution in [2.75, 3.05) is 17.2 Å². The molecule has 0 aliphatic rings. The summed E-state index contributed by atoms with van der Waals surface area (Å²) in [5.41, 5.74) is 1.06. The van der Waals surface area contributed by atoms with Gasteiger partial charge < -0.3 is 10.6 Å². The number of benzene rings is 1. The number of anilines is 2. The van der Waals surface area contributed by atoms with Crippen LogP contribution in [0.15, 0.2) is 36.4 Å². The molecule has 2 aromatic rings. The second-order valence-corrected chi connectivity index (χ2v) is 5.19. The topological polar surface area (TPSA) is 90.7 Å².